The lowest BCUT2D eigenvalue weighted by Crippen LogP contribution is -2.32. The average Bonchev–Trinajstić information content (AvgIpc) is 2.75. The maximum absolute atomic E-state index is 12.2. The number of fused-ring (bicyclic) bond motifs is 1. The van der Waals surface area contributed by atoms with Crippen LogP contribution in [0.1, 0.15) is 23.0 Å². The number of rotatable bonds is 4. The van der Waals surface area contributed by atoms with E-state index in [2.05, 4.69) is 11.2 Å². The molecule has 20 heavy (non-hydrogen) atoms. The van der Waals surface area contributed by atoms with Crippen LogP contribution in [0.25, 0.3) is 10.1 Å². The molecule has 0 bridgehead atoms. The van der Waals surface area contributed by atoms with Crippen LogP contribution in [0.4, 0.5) is 5.69 Å². The van der Waals surface area contributed by atoms with E-state index in [1.807, 2.05) is 25.1 Å². The van der Waals surface area contributed by atoms with E-state index in [0.717, 1.165) is 15.8 Å². The molecule has 1 unspecified atom stereocenters. The van der Waals surface area contributed by atoms with E-state index in [-0.39, 0.29) is 11.9 Å². The topological polar surface area (TPSA) is 64.3 Å². The standard InChI is InChI=1S/C15H16N2O2S/c1-4-5-9(2)17-15(18)14-13(16)11-7-6-10(19-3)8-12(11)20-14/h1,6-9H,5,16H2,2-3H3,(H,17,18). The van der Waals surface area contributed by atoms with Crippen molar-refractivity contribution in [3.63, 3.8) is 0 Å². The van der Waals surface area contributed by atoms with Gasteiger partial charge in [0, 0.05) is 22.5 Å². The zero-order valence-corrected chi connectivity index (χ0v) is 12.2. The monoisotopic (exact) mass is 288 g/mol. The molecule has 0 aliphatic rings. The molecule has 1 aromatic carbocycles. The van der Waals surface area contributed by atoms with Gasteiger partial charge in [0.1, 0.15) is 10.6 Å². The first-order chi connectivity index (χ1) is 9.56. The minimum atomic E-state index is -0.189. The number of nitrogens with two attached hydrogens (primary N) is 1. The summed E-state index contributed by atoms with van der Waals surface area (Å²) in [5, 5.41) is 3.71. The number of amides is 1. The predicted octanol–water partition coefficient (Wildman–Crippen LogP) is 2.63. The molecule has 2 aromatic rings. The summed E-state index contributed by atoms with van der Waals surface area (Å²) in [7, 11) is 1.60. The van der Waals surface area contributed by atoms with Crippen LogP contribution in [-0.2, 0) is 0 Å². The maximum atomic E-state index is 12.2. The smallest absolute Gasteiger partial charge is 0.263 e. The van der Waals surface area contributed by atoms with Crippen LogP contribution in [0, 0.1) is 12.3 Å². The third-order valence-corrected chi connectivity index (χ3v) is 4.11. The van der Waals surface area contributed by atoms with Crippen molar-refractivity contribution in [3.8, 4) is 18.1 Å². The van der Waals surface area contributed by atoms with Crippen LogP contribution in [0.2, 0.25) is 0 Å². The Morgan fingerprint density at radius 3 is 3.00 bits per heavy atom. The first-order valence-electron chi connectivity index (χ1n) is 6.17. The van der Waals surface area contributed by atoms with E-state index in [4.69, 9.17) is 16.9 Å². The Kier molecular flexibility index (Phi) is 4.16. The molecular formula is C15H16N2O2S. The van der Waals surface area contributed by atoms with E-state index < -0.39 is 0 Å². The zero-order chi connectivity index (χ0) is 14.7. The van der Waals surface area contributed by atoms with Gasteiger partial charge in [-0.05, 0) is 25.1 Å². The first kappa shape index (κ1) is 14.2. The van der Waals surface area contributed by atoms with Crippen molar-refractivity contribution in [2.75, 3.05) is 12.8 Å². The number of benzene rings is 1. The molecule has 1 aromatic heterocycles. The number of hydrogen-bond acceptors (Lipinski definition) is 4. The zero-order valence-electron chi connectivity index (χ0n) is 11.4. The summed E-state index contributed by atoms with van der Waals surface area (Å²) in [6, 6.07) is 5.49. The summed E-state index contributed by atoms with van der Waals surface area (Å²) in [4.78, 5) is 12.7. The molecular weight excluding hydrogens is 272 g/mol. The quantitative estimate of drug-likeness (QED) is 0.850. The van der Waals surface area contributed by atoms with Gasteiger partial charge in [0.2, 0.25) is 0 Å². The summed E-state index contributed by atoms with van der Waals surface area (Å²) in [6.45, 7) is 1.87. The molecule has 2 rings (SSSR count). The summed E-state index contributed by atoms with van der Waals surface area (Å²) >= 11 is 1.35. The van der Waals surface area contributed by atoms with Crippen molar-refractivity contribution in [1.82, 2.24) is 5.32 Å². The van der Waals surface area contributed by atoms with Crippen molar-refractivity contribution in [1.29, 1.82) is 0 Å². The highest BCUT2D eigenvalue weighted by atomic mass is 32.1. The van der Waals surface area contributed by atoms with Gasteiger partial charge in [0.25, 0.3) is 5.91 Å². The highest BCUT2D eigenvalue weighted by molar-refractivity contribution is 7.21. The lowest BCUT2D eigenvalue weighted by molar-refractivity contribution is 0.0946. The number of terminal acetylenes is 1. The van der Waals surface area contributed by atoms with E-state index in [9.17, 15) is 4.79 Å². The summed E-state index contributed by atoms with van der Waals surface area (Å²) in [6.07, 6.45) is 5.72. The molecule has 5 heteroatoms. The second-order valence-electron chi connectivity index (χ2n) is 4.49. The molecule has 1 amide bonds. The molecule has 104 valence electrons. The van der Waals surface area contributed by atoms with Crippen LogP contribution in [0.5, 0.6) is 5.75 Å². The molecule has 0 saturated carbocycles. The number of nitrogens with one attached hydrogen (secondary N) is 1. The molecule has 1 atom stereocenters. The number of methoxy groups -OCH3 is 1. The van der Waals surface area contributed by atoms with Crippen LogP contribution in [0.15, 0.2) is 18.2 Å². The highest BCUT2D eigenvalue weighted by Gasteiger charge is 2.18. The van der Waals surface area contributed by atoms with E-state index >= 15 is 0 Å². The molecule has 0 saturated heterocycles. The molecule has 4 nitrogen and oxygen atoms in total. The Labute approximate surface area is 121 Å². The second kappa shape index (κ2) is 5.85. The van der Waals surface area contributed by atoms with Gasteiger partial charge in [-0.25, -0.2) is 0 Å². The number of carbonyl (C=O) groups is 1. The summed E-state index contributed by atoms with van der Waals surface area (Å²) < 4.78 is 6.10. The van der Waals surface area contributed by atoms with Crippen molar-refractivity contribution in [3.05, 3.63) is 23.1 Å². The fourth-order valence-electron chi connectivity index (χ4n) is 1.91. The highest BCUT2D eigenvalue weighted by Crippen LogP contribution is 2.35. The maximum Gasteiger partial charge on any atom is 0.263 e. The number of thiophene rings is 1. The molecule has 0 spiro atoms. The number of hydrogen-bond donors (Lipinski definition) is 2. The summed E-state index contributed by atoms with van der Waals surface area (Å²) in [5.74, 6) is 3.07. The normalized spacial score (nSPS) is 11.8. The average molecular weight is 288 g/mol. The van der Waals surface area contributed by atoms with Gasteiger partial charge in [-0.15, -0.1) is 23.7 Å². The van der Waals surface area contributed by atoms with Crippen molar-refractivity contribution in [2.24, 2.45) is 0 Å². The fourth-order valence-corrected chi connectivity index (χ4v) is 2.96. The third kappa shape index (κ3) is 2.70. The lowest BCUT2D eigenvalue weighted by Gasteiger charge is -2.09. The molecule has 1 heterocycles. The minimum absolute atomic E-state index is 0.0772. The van der Waals surface area contributed by atoms with Crippen LogP contribution >= 0.6 is 11.3 Å². The predicted molar refractivity (Wildman–Crippen MR) is 83.2 cm³/mol. The second-order valence-corrected chi connectivity index (χ2v) is 5.54. The molecule has 0 aliphatic carbocycles. The number of carbonyl (C=O) groups excluding carboxylic acids is 1. The van der Waals surface area contributed by atoms with Crippen LogP contribution in [-0.4, -0.2) is 19.1 Å². The third-order valence-electron chi connectivity index (χ3n) is 2.94. The number of nitrogen functional groups attached to an aromatic ring is 1. The van der Waals surface area contributed by atoms with Gasteiger partial charge >= 0.3 is 0 Å². The Morgan fingerprint density at radius 2 is 2.35 bits per heavy atom. The van der Waals surface area contributed by atoms with Gasteiger partial charge in [-0.1, -0.05) is 0 Å². The van der Waals surface area contributed by atoms with Gasteiger partial charge in [0.05, 0.1) is 12.8 Å². The number of ether oxygens (including phenoxy) is 1. The molecule has 0 radical (unpaired) electrons. The molecule has 0 aliphatic heterocycles. The SMILES string of the molecule is C#CCC(C)NC(=O)c1sc2cc(OC)ccc2c1N. The van der Waals surface area contributed by atoms with E-state index in [1.54, 1.807) is 7.11 Å². The number of anilines is 1. The Bertz CT molecular complexity index is 685. The van der Waals surface area contributed by atoms with Crippen LogP contribution in [0.3, 0.4) is 0 Å². The van der Waals surface area contributed by atoms with Crippen molar-refractivity contribution >= 4 is 33.0 Å². The van der Waals surface area contributed by atoms with E-state index in [1.165, 1.54) is 11.3 Å². The fraction of sp³-hybridized carbons (Fsp3) is 0.267. The summed E-state index contributed by atoms with van der Waals surface area (Å²) in [5.41, 5.74) is 6.55. The van der Waals surface area contributed by atoms with Gasteiger partial charge < -0.3 is 15.8 Å². The Balaban J connectivity index is 2.33. The van der Waals surface area contributed by atoms with E-state index in [0.29, 0.717) is 17.0 Å². The lowest BCUT2D eigenvalue weighted by atomic mass is 10.2. The minimum Gasteiger partial charge on any atom is -0.497 e. The van der Waals surface area contributed by atoms with Crippen molar-refractivity contribution in [2.45, 2.75) is 19.4 Å². The first-order valence-corrected chi connectivity index (χ1v) is 6.98. The molecule has 0 fully saturated rings. The molecule has 3 N–H and O–H groups in total. The largest absolute Gasteiger partial charge is 0.497 e. The van der Waals surface area contributed by atoms with Gasteiger partial charge in [-0.3, -0.25) is 4.79 Å². The van der Waals surface area contributed by atoms with Gasteiger partial charge in [-0.2, -0.15) is 0 Å². The Hall–Kier alpha value is -2.19. The van der Waals surface area contributed by atoms with Crippen LogP contribution < -0.4 is 15.8 Å². The van der Waals surface area contributed by atoms with Crippen molar-refractivity contribution < 1.29 is 9.53 Å². The van der Waals surface area contributed by atoms with Gasteiger partial charge in [0.15, 0.2) is 0 Å². The Morgan fingerprint density at radius 1 is 1.60 bits per heavy atom.